The highest BCUT2D eigenvalue weighted by atomic mass is 19.4. The minimum absolute atomic E-state index is 0.00925. The van der Waals surface area contributed by atoms with Gasteiger partial charge in [0.1, 0.15) is 6.61 Å². The van der Waals surface area contributed by atoms with Gasteiger partial charge in [0.25, 0.3) is 5.56 Å². The van der Waals surface area contributed by atoms with E-state index in [2.05, 4.69) is 4.98 Å². The Morgan fingerprint density at radius 2 is 1.74 bits per heavy atom. The Morgan fingerprint density at radius 1 is 1.05 bits per heavy atom. The number of alkyl halides is 3. The number of nitrogens with one attached hydrogen (secondary N) is 1. The van der Waals surface area contributed by atoms with Crippen LogP contribution in [0, 0.1) is 0 Å². The number of hydrogen-bond acceptors (Lipinski definition) is 10. The van der Waals surface area contributed by atoms with Crippen LogP contribution in [0.15, 0.2) is 53.3 Å². The quantitative estimate of drug-likeness (QED) is 0.194. The molecule has 0 bridgehead atoms. The molecule has 3 aromatic rings. The first-order chi connectivity index (χ1) is 20.6. The molecular formula is C28H29F3N2O10. The molecule has 0 saturated carbocycles. The van der Waals surface area contributed by atoms with E-state index in [1.54, 1.807) is 0 Å². The second-order valence-electron chi connectivity index (χ2n) is 9.34. The molecule has 1 fully saturated rings. The number of hydrogen-bond donors (Lipinski definition) is 3. The van der Waals surface area contributed by atoms with Crippen LogP contribution in [0.1, 0.15) is 5.56 Å². The van der Waals surface area contributed by atoms with Crippen molar-refractivity contribution < 1.29 is 56.7 Å². The smallest absolute Gasteiger partial charge is 0.440 e. The van der Waals surface area contributed by atoms with Crippen LogP contribution in [0.25, 0.3) is 22.0 Å². The molecule has 0 aliphatic carbocycles. The van der Waals surface area contributed by atoms with Crippen molar-refractivity contribution in [2.24, 2.45) is 0 Å². The number of carbonyl (C=O) groups excluding carboxylic acids is 2. The molecule has 43 heavy (non-hydrogen) atoms. The lowest BCUT2D eigenvalue weighted by atomic mass is 10.0. The van der Waals surface area contributed by atoms with Gasteiger partial charge < -0.3 is 38.9 Å². The molecule has 1 aliphatic rings. The summed E-state index contributed by atoms with van der Waals surface area (Å²) in [5, 5.41) is 18.2. The lowest BCUT2D eigenvalue weighted by molar-refractivity contribution is -0.137. The maximum atomic E-state index is 13.5. The largest absolute Gasteiger partial charge is 0.508 e. The number of amides is 1. The van der Waals surface area contributed by atoms with E-state index in [0.29, 0.717) is 11.1 Å². The second-order valence-corrected chi connectivity index (χ2v) is 9.34. The Kier molecular flexibility index (Phi) is 10.6. The summed E-state index contributed by atoms with van der Waals surface area (Å²) in [6.45, 7) is -1.01. The van der Waals surface area contributed by atoms with Gasteiger partial charge in [0.15, 0.2) is 12.2 Å². The van der Waals surface area contributed by atoms with Gasteiger partial charge in [0.2, 0.25) is 0 Å². The number of anilines is 1. The van der Waals surface area contributed by atoms with Crippen molar-refractivity contribution in [3.8, 4) is 11.3 Å². The van der Waals surface area contributed by atoms with Gasteiger partial charge in [-0.1, -0.05) is 24.3 Å². The Labute approximate surface area is 242 Å². The van der Waals surface area contributed by atoms with Gasteiger partial charge in [-0.2, -0.15) is 13.2 Å². The SMILES string of the molecule is O=C(OCC1CN(c2ccc3cc(-c4ccccc4C(F)(F)F)[nH]c(=O)c3c2)C(=O)O1)OC(COCCO)COCCO. The highest BCUT2D eigenvalue weighted by molar-refractivity contribution is 5.94. The van der Waals surface area contributed by atoms with Crippen LogP contribution in [0.4, 0.5) is 28.4 Å². The molecule has 1 aromatic heterocycles. The Morgan fingerprint density at radius 3 is 2.42 bits per heavy atom. The van der Waals surface area contributed by atoms with Gasteiger partial charge in [-0.05, 0) is 29.7 Å². The van der Waals surface area contributed by atoms with Crippen molar-refractivity contribution in [1.29, 1.82) is 0 Å². The van der Waals surface area contributed by atoms with Crippen molar-refractivity contribution in [1.82, 2.24) is 4.98 Å². The molecule has 1 amide bonds. The summed E-state index contributed by atoms with van der Waals surface area (Å²) in [6, 6.07) is 10.8. The van der Waals surface area contributed by atoms with Crippen LogP contribution in [0.5, 0.6) is 0 Å². The number of aromatic amines is 1. The number of ether oxygens (including phenoxy) is 5. The van der Waals surface area contributed by atoms with Crippen molar-refractivity contribution >= 4 is 28.7 Å². The fraction of sp³-hybridized carbons (Fsp3) is 0.393. The van der Waals surface area contributed by atoms with Crippen LogP contribution < -0.4 is 10.5 Å². The van der Waals surface area contributed by atoms with Gasteiger partial charge in [-0.15, -0.1) is 0 Å². The number of cyclic esters (lactones) is 1. The summed E-state index contributed by atoms with van der Waals surface area (Å²) in [4.78, 5) is 41.4. The van der Waals surface area contributed by atoms with E-state index < -0.39 is 41.8 Å². The highest BCUT2D eigenvalue weighted by Gasteiger charge is 2.35. The third kappa shape index (κ3) is 8.22. The molecule has 1 unspecified atom stereocenters. The van der Waals surface area contributed by atoms with Gasteiger partial charge in [-0.25, -0.2) is 9.59 Å². The number of rotatable bonds is 13. The Balaban J connectivity index is 1.41. The number of halogens is 3. The van der Waals surface area contributed by atoms with Gasteiger partial charge in [0.05, 0.1) is 51.7 Å². The molecule has 12 nitrogen and oxygen atoms in total. The summed E-state index contributed by atoms with van der Waals surface area (Å²) >= 11 is 0. The summed E-state index contributed by atoms with van der Waals surface area (Å²) in [6.07, 6.45) is -8.22. The summed E-state index contributed by atoms with van der Waals surface area (Å²) in [5.41, 5.74) is -1.44. The molecule has 2 heterocycles. The number of aromatic nitrogens is 1. The lowest BCUT2D eigenvalue weighted by Crippen LogP contribution is -2.31. The standard InChI is InChI=1S/C28H29F3N2O10/c29-28(30,31)23-4-2-1-3-21(23)24-11-17-5-6-18(12-22(17)25(36)32-24)33-13-19(42-26(33)37)16-41-27(38)43-20(14-39-9-7-34)15-40-10-8-35/h1-6,11-12,19-20,34-35H,7-10,13-16H2,(H,32,36). The second kappa shape index (κ2) is 14.3. The number of nitrogens with zero attached hydrogens (tertiary/aromatic N) is 1. The lowest BCUT2D eigenvalue weighted by Gasteiger charge is -2.18. The predicted octanol–water partition coefficient (Wildman–Crippen LogP) is 3.08. The van der Waals surface area contributed by atoms with Crippen LogP contribution in [-0.2, 0) is 29.9 Å². The van der Waals surface area contributed by atoms with E-state index in [0.717, 1.165) is 6.07 Å². The number of aliphatic hydroxyl groups excluding tert-OH is 2. The molecule has 1 aliphatic heterocycles. The first-order valence-electron chi connectivity index (χ1n) is 13.1. The van der Waals surface area contributed by atoms with Gasteiger partial charge >= 0.3 is 18.4 Å². The number of pyridine rings is 1. The third-order valence-electron chi connectivity index (χ3n) is 6.27. The van der Waals surface area contributed by atoms with E-state index in [1.807, 2.05) is 0 Å². The third-order valence-corrected chi connectivity index (χ3v) is 6.27. The first kappa shape index (κ1) is 31.7. The molecule has 4 rings (SSSR count). The van der Waals surface area contributed by atoms with Crippen LogP contribution >= 0.6 is 0 Å². The summed E-state index contributed by atoms with van der Waals surface area (Å²) < 4.78 is 66.3. The summed E-state index contributed by atoms with van der Waals surface area (Å²) in [7, 11) is 0. The van der Waals surface area contributed by atoms with Crippen LogP contribution in [0.3, 0.4) is 0 Å². The monoisotopic (exact) mass is 610 g/mol. The normalized spacial score (nSPS) is 15.3. The Hall–Kier alpha value is -4.18. The van der Waals surface area contributed by atoms with E-state index in [-0.39, 0.29) is 69.4 Å². The van der Waals surface area contributed by atoms with Crippen molar-refractivity contribution in [3.05, 3.63) is 64.4 Å². The maximum absolute atomic E-state index is 13.5. The number of benzene rings is 2. The predicted molar refractivity (Wildman–Crippen MR) is 145 cm³/mol. The fourth-order valence-corrected chi connectivity index (χ4v) is 4.35. The molecule has 2 aromatic carbocycles. The van der Waals surface area contributed by atoms with Crippen molar-refractivity contribution in [3.63, 3.8) is 0 Å². The molecular weight excluding hydrogens is 581 g/mol. The molecule has 15 heteroatoms. The molecule has 1 atom stereocenters. The zero-order valence-electron chi connectivity index (χ0n) is 22.7. The maximum Gasteiger partial charge on any atom is 0.508 e. The molecule has 232 valence electrons. The molecule has 0 spiro atoms. The Bertz CT molecular complexity index is 1470. The summed E-state index contributed by atoms with van der Waals surface area (Å²) in [5.74, 6) is 0. The molecule has 0 radical (unpaired) electrons. The fourth-order valence-electron chi connectivity index (χ4n) is 4.35. The average molecular weight is 611 g/mol. The average Bonchev–Trinajstić information content (AvgIpc) is 3.35. The number of fused-ring (bicyclic) bond motifs is 1. The van der Waals surface area contributed by atoms with Gasteiger partial charge in [-0.3, -0.25) is 9.69 Å². The van der Waals surface area contributed by atoms with Crippen molar-refractivity contribution in [2.45, 2.75) is 18.4 Å². The van der Waals surface area contributed by atoms with E-state index >= 15 is 0 Å². The molecule has 3 N–H and O–H groups in total. The van der Waals surface area contributed by atoms with Gasteiger partial charge in [0, 0.05) is 22.3 Å². The van der Waals surface area contributed by atoms with E-state index in [9.17, 15) is 27.6 Å². The number of aliphatic hydroxyl groups is 2. The van der Waals surface area contributed by atoms with Crippen LogP contribution in [0.2, 0.25) is 0 Å². The number of H-pyrrole nitrogens is 1. The van der Waals surface area contributed by atoms with Crippen molar-refractivity contribution in [2.75, 3.05) is 57.7 Å². The zero-order chi connectivity index (χ0) is 31.0. The number of carbonyl (C=O) groups is 2. The topological polar surface area (TPSA) is 157 Å². The minimum atomic E-state index is -4.62. The first-order valence-corrected chi connectivity index (χ1v) is 13.1. The minimum Gasteiger partial charge on any atom is -0.440 e. The van der Waals surface area contributed by atoms with Crippen LogP contribution in [-0.4, -0.2) is 92.4 Å². The van der Waals surface area contributed by atoms with E-state index in [1.165, 1.54) is 47.4 Å². The highest BCUT2D eigenvalue weighted by Crippen LogP contribution is 2.36. The molecule has 1 saturated heterocycles. The van der Waals surface area contributed by atoms with E-state index in [4.69, 9.17) is 33.9 Å². The zero-order valence-corrected chi connectivity index (χ0v) is 22.7.